The molecule has 0 bridgehead atoms. The highest BCUT2D eigenvalue weighted by atomic mass is 16.5. The number of carbonyl (C=O) groups is 1. The van der Waals surface area contributed by atoms with Gasteiger partial charge in [0.1, 0.15) is 0 Å². The Labute approximate surface area is 102 Å². The summed E-state index contributed by atoms with van der Waals surface area (Å²) < 4.78 is 5.30. The molecule has 1 aromatic rings. The van der Waals surface area contributed by atoms with Crippen molar-refractivity contribution < 1.29 is 9.53 Å². The molecule has 1 aliphatic rings. The summed E-state index contributed by atoms with van der Waals surface area (Å²) in [5.41, 5.74) is 1.50. The largest absolute Gasteiger partial charge is 0.381 e. The van der Waals surface area contributed by atoms with Crippen LogP contribution in [0.25, 0.3) is 0 Å². The summed E-state index contributed by atoms with van der Waals surface area (Å²) in [7, 11) is 1.70. The first-order valence-electron chi connectivity index (χ1n) is 5.80. The number of methoxy groups -OCH3 is 1. The minimum atomic E-state index is 0.0820. The molecular formula is C15H16O2. The molecule has 0 amide bonds. The van der Waals surface area contributed by atoms with E-state index < -0.39 is 0 Å². The van der Waals surface area contributed by atoms with Crippen molar-refractivity contribution in [2.75, 3.05) is 7.11 Å². The minimum absolute atomic E-state index is 0.0820. The molecule has 0 aliphatic heterocycles. The fourth-order valence-corrected chi connectivity index (χ4v) is 1.89. The topological polar surface area (TPSA) is 26.3 Å². The van der Waals surface area contributed by atoms with E-state index in [1.165, 1.54) is 0 Å². The average molecular weight is 228 g/mol. The molecule has 88 valence electrons. The fourth-order valence-electron chi connectivity index (χ4n) is 1.89. The highest BCUT2D eigenvalue weighted by Gasteiger charge is 2.13. The van der Waals surface area contributed by atoms with Crippen molar-refractivity contribution in [3.63, 3.8) is 0 Å². The summed E-state index contributed by atoms with van der Waals surface area (Å²) in [5, 5.41) is 0. The van der Waals surface area contributed by atoms with Gasteiger partial charge in [-0.25, -0.2) is 0 Å². The lowest BCUT2D eigenvalue weighted by Gasteiger charge is -2.08. The normalized spacial score (nSPS) is 19.6. The van der Waals surface area contributed by atoms with Gasteiger partial charge in [-0.05, 0) is 12.8 Å². The first kappa shape index (κ1) is 11.8. The Bertz CT molecular complexity index is 443. The van der Waals surface area contributed by atoms with Crippen LogP contribution in [-0.2, 0) is 4.74 Å². The molecule has 0 radical (unpaired) electrons. The van der Waals surface area contributed by atoms with Gasteiger partial charge in [0, 0.05) is 18.2 Å². The third-order valence-corrected chi connectivity index (χ3v) is 2.93. The Kier molecular flexibility index (Phi) is 3.89. The maximum absolute atomic E-state index is 12.2. The number of benzene rings is 1. The lowest BCUT2D eigenvalue weighted by molar-refractivity contribution is 0.103. The summed E-state index contributed by atoms with van der Waals surface area (Å²) in [6.45, 7) is 0. The molecule has 2 rings (SSSR count). The first-order valence-corrected chi connectivity index (χ1v) is 5.80. The molecule has 0 N–H and O–H groups in total. The van der Waals surface area contributed by atoms with Crippen LogP contribution in [-0.4, -0.2) is 19.0 Å². The first-order chi connectivity index (χ1) is 8.31. The molecule has 1 aliphatic carbocycles. The fraction of sp³-hybridized carbons (Fsp3) is 0.267. The molecule has 2 nitrogen and oxygen atoms in total. The number of Topliss-reactive ketones (excluding diaryl/α,β-unsaturated/α-hetero) is 1. The van der Waals surface area contributed by atoms with Crippen LogP contribution in [0.3, 0.4) is 0 Å². The van der Waals surface area contributed by atoms with Crippen molar-refractivity contribution in [1.82, 2.24) is 0 Å². The summed E-state index contributed by atoms with van der Waals surface area (Å²) in [4.78, 5) is 12.2. The predicted octanol–water partition coefficient (Wildman–Crippen LogP) is 3.16. The Morgan fingerprint density at radius 1 is 1.24 bits per heavy atom. The number of hydrogen-bond acceptors (Lipinski definition) is 2. The van der Waals surface area contributed by atoms with Crippen molar-refractivity contribution in [3.05, 3.63) is 59.7 Å². The second kappa shape index (κ2) is 5.60. The molecule has 1 atom stereocenters. The summed E-state index contributed by atoms with van der Waals surface area (Å²) >= 11 is 0. The molecule has 0 heterocycles. The van der Waals surface area contributed by atoms with Crippen molar-refractivity contribution >= 4 is 5.78 Å². The Hall–Kier alpha value is -1.67. The van der Waals surface area contributed by atoms with E-state index in [4.69, 9.17) is 4.74 Å². The van der Waals surface area contributed by atoms with Gasteiger partial charge in [-0.15, -0.1) is 0 Å². The lowest BCUT2D eigenvalue weighted by atomic mass is 10.0. The van der Waals surface area contributed by atoms with E-state index in [0.717, 1.165) is 24.0 Å². The van der Waals surface area contributed by atoms with Crippen LogP contribution >= 0.6 is 0 Å². The molecule has 0 aromatic heterocycles. The third kappa shape index (κ3) is 2.92. The molecule has 0 saturated heterocycles. The van der Waals surface area contributed by atoms with Gasteiger partial charge in [-0.2, -0.15) is 0 Å². The lowest BCUT2D eigenvalue weighted by Crippen LogP contribution is -2.07. The van der Waals surface area contributed by atoms with Crippen molar-refractivity contribution in [3.8, 4) is 0 Å². The van der Waals surface area contributed by atoms with E-state index in [1.807, 2.05) is 48.6 Å². The van der Waals surface area contributed by atoms with Gasteiger partial charge in [-0.1, -0.05) is 48.6 Å². The highest BCUT2D eigenvalue weighted by molar-refractivity contribution is 6.10. The predicted molar refractivity (Wildman–Crippen MR) is 68.0 cm³/mol. The summed E-state index contributed by atoms with van der Waals surface area (Å²) in [5.74, 6) is 0.0820. The molecule has 17 heavy (non-hydrogen) atoms. The van der Waals surface area contributed by atoms with Crippen LogP contribution in [0.2, 0.25) is 0 Å². The van der Waals surface area contributed by atoms with Crippen LogP contribution in [0.5, 0.6) is 0 Å². The van der Waals surface area contributed by atoms with E-state index in [-0.39, 0.29) is 11.9 Å². The van der Waals surface area contributed by atoms with Gasteiger partial charge in [0.25, 0.3) is 0 Å². The van der Waals surface area contributed by atoms with Gasteiger partial charge in [0.2, 0.25) is 0 Å². The third-order valence-electron chi connectivity index (χ3n) is 2.93. The standard InChI is InChI=1S/C15H16O2/c1-17-14-9-5-8-13(10-11-14)15(16)12-6-3-2-4-7-12/h2-8,10,14H,9,11H2,1H3/t14-/m0/s1. The molecule has 2 heteroatoms. The van der Waals surface area contributed by atoms with Crippen molar-refractivity contribution in [2.45, 2.75) is 18.9 Å². The van der Waals surface area contributed by atoms with E-state index >= 15 is 0 Å². The highest BCUT2D eigenvalue weighted by Crippen LogP contribution is 2.17. The summed E-state index contributed by atoms with van der Waals surface area (Å²) in [6, 6.07) is 9.36. The average Bonchev–Trinajstić information content (AvgIpc) is 2.64. The van der Waals surface area contributed by atoms with Gasteiger partial charge in [0.05, 0.1) is 6.10 Å². The number of ether oxygens (including phenoxy) is 1. The van der Waals surface area contributed by atoms with Crippen molar-refractivity contribution in [1.29, 1.82) is 0 Å². The zero-order chi connectivity index (χ0) is 12.1. The molecule has 1 aromatic carbocycles. The minimum Gasteiger partial charge on any atom is -0.381 e. The molecule has 0 fully saturated rings. The Morgan fingerprint density at radius 3 is 2.71 bits per heavy atom. The van der Waals surface area contributed by atoms with Crippen LogP contribution in [0.1, 0.15) is 23.2 Å². The van der Waals surface area contributed by atoms with Crippen LogP contribution in [0.4, 0.5) is 0 Å². The Balaban J connectivity index is 2.18. The molecule has 0 unspecified atom stereocenters. The number of rotatable bonds is 3. The van der Waals surface area contributed by atoms with Gasteiger partial charge >= 0.3 is 0 Å². The molecule has 0 spiro atoms. The molecular weight excluding hydrogens is 212 g/mol. The zero-order valence-corrected chi connectivity index (χ0v) is 9.93. The monoisotopic (exact) mass is 228 g/mol. The number of ketones is 1. The van der Waals surface area contributed by atoms with E-state index in [1.54, 1.807) is 7.11 Å². The van der Waals surface area contributed by atoms with Crippen LogP contribution < -0.4 is 0 Å². The quantitative estimate of drug-likeness (QED) is 0.743. The zero-order valence-electron chi connectivity index (χ0n) is 9.93. The van der Waals surface area contributed by atoms with E-state index in [0.29, 0.717) is 0 Å². The number of allylic oxidation sites excluding steroid dienone is 2. The van der Waals surface area contributed by atoms with Gasteiger partial charge in [-0.3, -0.25) is 4.79 Å². The number of carbonyl (C=O) groups excluding carboxylic acids is 1. The SMILES string of the molecule is CO[C@H]1CC=CC(C(=O)c2ccccc2)=CC1. The van der Waals surface area contributed by atoms with Gasteiger partial charge in [0.15, 0.2) is 5.78 Å². The van der Waals surface area contributed by atoms with Crippen molar-refractivity contribution in [2.24, 2.45) is 0 Å². The summed E-state index contributed by atoms with van der Waals surface area (Å²) in [6.07, 6.45) is 7.71. The maximum atomic E-state index is 12.2. The maximum Gasteiger partial charge on any atom is 0.192 e. The van der Waals surface area contributed by atoms with Gasteiger partial charge < -0.3 is 4.74 Å². The Morgan fingerprint density at radius 2 is 2.00 bits per heavy atom. The number of hydrogen-bond donors (Lipinski definition) is 0. The second-order valence-electron chi connectivity index (χ2n) is 4.09. The molecule has 0 saturated carbocycles. The van der Waals surface area contributed by atoms with Crippen LogP contribution in [0, 0.1) is 0 Å². The second-order valence-corrected chi connectivity index (χ2v) is 4.09. The smallest absolute Gasteiger partial charge is 0.192 e. The van der Waals surface area contributed by atoms with E-state index in [2.05, 4.69) is 0 Å². The van der Waals surface area contributed by atoms with E-state index in [9.17, 15) is 4.79 Å². The van der Waals surface area contributed by atoms with Crippen LogP contribution in [0.15, 0.2) is 54.1 Å².